The summed E-state index contributed by atoms with van der Waals surface area (Å²) in [6.07, 6.45) is 0. The number of anilines is 1. The monoisotopic (exact) mass is 249 g/mol. The average molecular weight is 249 g/mol. The highest BCUT2D eigenvalue weighted by atomic mass is 15.2. The summed E-state index contributed by atoms with van der Waals surface area (Å²) in [5.74, 6) is 0.558. The zero-order valence-corrected chi connectivity index (χ0v) is 11.3. The van der Waals surface area contributed by atoms with Crippen molar-refractivity contribution >= 4 is 5.69 Å². The fourth-order valence-electron chi connectivity index (χ4n) is 2.88. The van der Waals surface area contributed by atoms with Gasteiger partial charge in [-0.2, -0.15) is 0 Å². The second kappa shape index (κ2) is 4.93. The van der Waals surface area contributed by atoms with E-state index in [0.29, 0.717) is 12.0 Å². The molecule has 3 rings (SSSR count). The lowest BCUT2D eigenvalue weighted by Crippen LogP contribution is -2.50. The molecule has 0 bridgehead atoms. The van der Waals surface area contributed by atoms with Gasteiger partial charge in [-0.25, -0.2) is 0 Å². The van der Waals surface area contributed by atoms with Gasteiger partial charge in [0, 0.05) is 18.2 Å². The van der Waals surface area contributed by atoms with E-state index in [1.165, 1.54) is 16.8 Å². The molecule has 0 unspecified atom stereocenters. The van der Waals surface area contributed by atoms with Crippen LogP contribution >= 0.6 is 0 Å². The van der Waals surface area contributed by atoms with Crippen LogP contribution in [0.5, 0.6) is 0 Å². The Balaban J connectivity index is 1.93. The van der Waals surface area contributed by atoms with Crippen LogP contribution in [0.1, 0.15) is 18.5 Å². The van der Waals surface area contributed by atoms with E-state index in [1.807, 2.05) is 0 Å². The molecule has 0 aromatic heterocycles. The lowest BCUT2D eigenvalue weighted by atomic mass is 9.79. The third kappa shape index (κ3) is 2.17. The van der Waals surface area contributed by atoms with Gasteiger partial charge in [0.2, 0.25) is 0 Å². The Bertz CT molecular complexity index is 559. The molecule has 2 aromatic rings. The minimum absolute atomic E-state index is 0.432. The molecule has 0 N–H and O–H groups in total. The van der Waals surface area contributed by atoms with Crippen LogP contribution in [0.3, 0.4) is 0 Å². The van der Waals surface area contributed by atoms with Crippen LogP contribution in [0, 0.1) is 5.92 Å². The Kier molecular flexibility index (Phi) is 3.12. The zero-order valence-electron chi connectivity index (χ0n) is 11.3. The first kappa shape index (κ1) is 12.0. The predicted octanol–water partition coefficient (Wildman–Crippen LogP) is 4.44. The number of benzene rings is 2. The van der Waals surface area contributed by atoms with Crippen LogP contribution < -0.4 is 4.90 Å². The molecule has 0 aliphatic carbocycles. The number of hydrogen-bond donors (Lipinski definition) is 0. The van der Waals surface area contributed by atoms with Gasteiger partial charge in [0.1, 0.15) is 0 Å². The predicted molar refractivity (Wildman–Crippen MR) is 81.3 cm³/mol. The summed E-state index contributed by atoms with van der Waals surface area (Å²) < 4.78 is 0. The van der Waals surface area contributed by atoms with Gasteiger partial charge in [0.25, 0.3) is 0 Å². The van der Waals surface area contributed by atoms with Crippen molar-refractivity contribution in [2.24, 2.45) is 5.92 Å². The van der Waals surface area contributed by atoms with Gasteiger partial charge in [-0.05, 0) is 24.6 Å². The van der Waals surface area contributed by atoms with E-state index in [4.69, 9.17) is 0 Å². The molecule has 1 aliphatic heterocycles. The minimum Gasteiger partial charge on any atom is -0.363 e. The van der Waals surface area contributed by atoms with Crippen LogP contribution in [0.25, 0.3) is 0 Å². The normalized spacial score (nSPS) is 21.8. The molecular weight excluding hydrogens is 230 g/mol. The first-order valence-electron chi connectivity index (χ1n) is 6.79. The van der Waals surface area contributed by atoms with Crippen molar-refractivity contribution in [3.05, 3.63) is 78.4 Å². The number of hydrogen-bond acceptors (Lipinski definition) is 1. The maximum absolute atomic E-state index is 4.15. The Hall–Kier alpha value is -2.02. The average Bonchev–Trinajstić information content (AvgIpc) is 2.39. The summed E-state index contributed by atoms with van der Waals surface area (Å²) >= 11 is 0. The second-order valence-corrected chi connectivity index (χ2v) is 5.30. The van der Waals surface area contributed by atoms with E-state index < -0.39 is 0 Å². The van der Waals surface area contributed by atoms with Crippen molar-refractivity contribution in [1.82, 2.24) is 0 Å². The topological polar surface area (TPSA) is 3.24 Å². The van der Waals surface area contributed by atoms with Crippen LogP contribution in [-0.2, 0) is 0 Å². The molecule has 1 nitrogen and oxygen atoms in total. The summed E-state index contributed by atoms with van der Waals surface area (Å²) in [5.41, 5.74) is 3.96. The lowest BCUT2D eigenvalue weighted by molar-refractivity contribution is 0.345. The van der Waals surface area contributed by atoms with E-state index in [1.54, 1.807) is 0 Å². The lowest BCUT2D eigenvalue weighted by Gasteiger charge is -2.50. The van der Waals surface area contributed by atoms with Crippen molar-refractivity contribution in [3.8, 4) is 0 Å². The highest BCUT2D eigenvalue weighted by Gasteiger charge is 2.40. The SMILES string of the molecule is C=C(C)[C@@H]1CN(c2ccccc2)[C@H]1c1ccccc1. The van der Waals surface area contributed by atoms with Gasteiger partial charge >= 0.3 is 0 Å². The van der Waals surface area contributed by atoms with Crippen LogP contribution in [0.4, 0.5) is 5.69 Å². The van der Waals surface area contributed by atoms with Crippen LogP contribution in [-0.4, -0.2) is 6.54 Å². The standard InChI is InChI=1S/C18H19N/c1-14(2)17-13-19(16-11-7-4-8-12-16)18(17)15-9-5-3-6-10-15/h3-12,17-18H,1,13H2,2H3/t17-,18-/m0/s1. The van der Waals surface area contributed by atoms with Gasteiger partial charge in [-0.1, -0.05) is 60.7 Å². The third-order valence-corrected chi connectivity index (χ3v) is 3.97. The van der Waals surface area contributed by atoms with Gasteiger partial charge < -0.3 is 4.90 Å². The first-order chi connectivity index (χ1) is 9.27. The van der Waals surface area contributed by atoms with Crippen LogP contribution in [0.15, 0.2) is 72.8 Å². The maximum Gasteiger partial charge on any atom is 0.0624 e. The summed E-state index contributed by atoms with van der Waals surface area (Å²) in [6, 6.07) is 21.8. The van der Waals surface area contributed by atoms with Gasteiger partial charge in [0.15, 0.2) is 0 Å². The van der Waals surface area contributed by atoms with Crippen LogP contribution in [0.2, 0.25) is 0 Å². The largest absolute Gasteiger partial charge is 0.363 e. The van der Waals surface area contributed by atoms with Crippen molar-refractivity contribution in [3.63, 3.8) is 0 Å². The summed E-state index contributed by atoms with van der Waals surface area (Å²) in [7, 11) is 0. The summed E-state index contributed by atoms with van der Waals surface area (Å²) in [6.45, 7) is 7.36. The fraction of sp³-hybridized carbons (Fsp3) is 0.222. The maximum atomic E-state index is 4.15. The van der Waals surface area contributed by atoms with E-state index in [9.17, 15) is 0 Å². The summed E-state index contributed by atoms with van der Waals surface area (Å²) in [4.78, 5) is 2.47. The van der Waals surface area contributed by atoms with Crippen molar-refractivity contribution in [2.75, 3.05) is 11.4 Å². The molecule has 2 atom stereocenters. The molecule has 0 saturated carbocycles. The van der Waals surface area contributed by atoms with Gasteiger partial charge in [-0.15, -0.1) is 0 Å². The highest BCUT2D eigenvalue weighted by Crippen LogP contribution is 2.44. The number of para-hydroxylation sites is 1. The molecule has 0 spiro atoms. The van der Waals surface area contributed by atoms with Crippen molar-refractivity contribution in [2.45, 2.75) is 13.0 Å². The van der Waals surface area contributed by atoms with E-state index >= 15 is 0 Å². The second-order valence-electron chi connectivity index (χ2n) is 5.30. The summed E-state index contributed by atoms with van der Waals surface area (Å²) in [5, 5.41) is 0. The molecule has 96 valence electrons. The molecule has 1 aliphatic rings. The number of nitrogens with zero attached hydrogens (tertiary/aromatic N) is 1. The minimum atomic E-state index is 0.432. The molecule has 1 fully saturated rings. The fourth-order valence-corrected chi connectivity index (χ4v) is 2.88. The Labute approximate surface area is 115 Å². The zero-order chi connectivity index (χ0) is 13.2. The van der Waals surface area contributed by atoms with Crippen molar-refractivity contribution < 1.29 is 0 Å². The first-order valence-corrected chi connectivity index (χ1v) is 6.79. The molecule has 1 heteroatoms. The highest BCUT2D eigenvalue weighted by molar-refractivity contribution is 5.53. The van der Waals surface area contributed by atoms with E-state index in [-0.39, 0.29) is 0 Å². The quantitative estimate of drug-likeness (QED) is 0.727. The molecule has 0 amide bonds. The molecular formula is C18H19N. The Morgan fingerprint density at radius 2 is 1.58 bits per heavy atom. The number of rotatable bonds is 3. The Morgan fingerprint density at radius 1 is 1.00 bits per heavy atom. The van der Waals surface area contributed by atoms with Crippen molar-refractivity contribution in [1.29, 1.82) is 0 Å². The Morgan fingerprint density at radius 3 is 2.16 bits per heavy atom. The van der Waals surface area contributed by atoms with E-state index in [2.05, 4.69) is 79.1 Å². The van der Waals surface area contributed by atoms with Gasteiger partial charge in [-0.3, -0.25) is 0 Å². The molecule has 1 saturated heterocycles. The molecule has 1 heterocycles. The third-order valence-electron chi connectivity index (χ3n) is 3.97. The molecule has 19 heavy (non-hydrogen) atoms. The van der Waals surface area contributed by atoms with Gasteiger partial charge in [0.05, 0.1) is 6.04 Å². The molecule has 2 aromatic carbocycles. The smallest absolute Gasteiger partial charge is 0.0624 e. The molecule has 0 radical (unpaired) electrons. The van der Waals surface area contributed by atoms with E-state index in [0.717, 1.165) is 6.54 Å².